The number of carbonyl (C=O) groups excluding carboxylic acids is 1. The Bertz CT molecular complexity index is 1160. The molecular weight excluding hydrogens is 436 g/mol. The van der Waals surface area contributed by atoms with Crippen LogP contribution in [0.1, 0.15) is 35.2 Å². The molecule has 3 aromatic rings. The molecule has 2 aliphatic rings. The summed E-state index contributed by atoms with van der Waals surface area (Å²) in [4.78, 5) is 20.2. The van der Waals surface area contributed by atoms with Crippen molar-refractivity contribution in [3.05, 3.63) is 89.1 Å². The minimum absolute atomic E-state index is 0.0976. The Kier molecular flexibility index (Phi) is 6.48. The topological polar surface area (TPSA) is 66.5 Å². The number of ether oxygens (including phenoxy) is 1. The van der Waals surface area contributed by atoms with Gasteiger partial charge in [-0.25, -0.2) is 4.98 Å². The minimum Gasteiger partial charge on any atom is -0.380 e. The largest absolute Gasteiger partial charge is 0.380 e. The summed E-state index contributed by atoms with van der Waals surface area (Å²) in [6, 6.07) is 20.6. The lowest BCUT2D eigenvalue weighted by Crippen LogP contribution is -2.68. The number of likely N-dealkylation sites (tertiary alicyclic amines) is 1. The van der Waals surface area contributed by atoms with E-state index in [1.807, 2.05) is 17.0 Å². The molecule has 2 saturated heterocycles. The summed E-state index contributed by atoms with van der Waals surface area (Å²) in [7, 11) is 0. The van der Waals surface area contributed by atoms with Crippen LogP contribution in [-0.2, 0) is 16.0 Å². The molecule has 2 unspecified atom stereocenters. The molecule has 0 aliphatic carbocycles. The third-order valence-electron chi connectivity index (χ3n) is 7.11. The maximum atomic E-state index is 13.6. The number of nitrogens with one attached hydrogen (secondary N) is 2. The quantitative estimate of drug-likeness (QED) is 0.497. The van der Waals surface area contributed by atoms with Crippen LogP contribution in [0.15, 0.2) is 66.9 Å². The number of benzene rings is 2. The van der Waals surface area contributed by atoms with Crippen LogP contribution in [0, 0.1) is 19.3 Å². The zero-order valence-electron chi connectivity index (χ0n) is 20.8. The van der Waals surface area contributed by atoms with E-state index in [-0.39, 0.29) is 17.4 Å². The van der Waals surface area contributed by atoms with Gasteiger partial charge in [0.2, 0.25) is 5.91 Å². The molecule has 1 spiro atoms. The average molecular weight is 471 g/mol. The van der Waals surface area contributed by atoms with Gasteiger partial charge in [-0.1, -0.05) is 59.7 Å². The molecule has 2 N–H and O–H groups in total. The van der Waals surface area contributed by atoms with Gasteiger partial charge in [0.25, 0.3) is 0 Å². The van der Waals surface area contributed by atoms with Crippen molar-refractivity contribution in [2.75, 3.05) is 36.9 Å². The van der Waals surface area contributed by atoms with E-state index < -0.39 is 6.04 Å². The third kappa shape index (κ3) is 5.17. The van der Waals surface area contributed by atoms with Gasteiger partial charge >= 0.3 is 0 Å². The van der Waals surface area contributed by atoms with Gasteiger partial charge in [-0.15, -0.1) is 0 Å². The average Bonchev–Trinajstić information content (AvgIpc) is 2.79. The molecule has 2 aliphatic heterocycles. The maximum absolute atomic E-state index is 13.6. The van der Waals surface area contributed by atoms with Crippen molar-refractivity contribution in [1.82, 2.24) is 9.88 Å². The highest BCUT2D eigenvalue weighted by molar-refractivity contribution is 5.86. The Labute approximate surface area is 207 Å². The second-order valence-corrected chi connectivity index (χ2v) is 10.3. The molecule has 0 radical (unpaired) electrons. The van der Waals surface area contributed by atoms with Crippen LogP contribution >= 0.6 is 0 Å². The molecule has 0 saturated carbocycles. The molecule has 2 fully saturated rings. The van der Waals surface area contributed by atoms with Crippen LogP contribution in [0.3, 0.4) is 0 Å². The van der Waals surface area contributed by atoms with E-state index in [0.29, 0.717) is 12.2 Å². The first kappa shape index (κ1) is 23.4. The van der Waals surface area contributed by atoms with Crippen molar-refractivity contribution in [3.63, 3.8) is 0 Å². The number of rotatable bonds is 8. The zero-order valence-corrected chi connectivity index (χ0v) is 20.8. The fourth-order valence-corrected chi connectivity index (χ4v) is 4.85. The number of pyridine rings is 1. The number of carbonyl (C=O) groups is 1. The number of hydrogen-bond donors (Lipinski definition) is 2. The molecule has 3 heterocycles. The van der Waals surface area contributed by atoms with E-state index in [9.17, 15) is 4.79 Å². The first-order valence-electron chi connectivity index (χ1n) is 12.4. The highest BCUT2D eigenvalue weighted by Gasteiger charge is 2.51. The van der Waals surface area contributed by atoms with Gasteiger partial charge in [0.15, 0.2) is 0 Å². The van der Waals surface area contributed by atoms with Gasteiger partial charge in [0, 0.05) is 31.7 Å². The summed E-state index contributed by atoms with van der Waals surface area (Å²) in [5.74, 6) is 0.811. The second kappa shape index (κ2) is 9.70. The van der Waals surface area contributed by atoms with Gasteiger partial charge in [-0.2, -0.15) is 0 Å². The maximum Gasteiger partial charge on any atom is 0.245 e. The molecule has 2 atom stereocenters. The summed E-state index contributed by atoms with van der Waals surface area (Å²) in [6.07, 6.45) is 2.37. The fraction of sp³-hybridized carbons (Fsp3) is 0.379. The summed E-state index contributed by atoms with van der Waals surface area (Å²) in [6.45, 7) is 9.37. The number of hydrogen-bond acceptors (Lipinski definition) is 5. The first-order chi connectivity index (χ1) is 16.9. The van der Waals surface area contributed by atoms with Crippen LogP contribution < -0.4 is 10.6 Å². The first-order valence-corrected chi connectivity index (χ1v) is 12.4. The predicted molar refractivity (Wildman–Crippen MR) is 140 cm³/mol. The summed E-state index contributed by atoms with van der Waals surface area (Å²) < 4.78 is 5.39. The van der Waals surface area contributed by atoms with Crippen molar-refractivity contribution >= 4 is 17.4 Å². The number of aryl methyl sites for hydroxylation is 2. The summed E-state index contributed by atoms with van der Waals surface area (Å²) in [5.41, 5.74) is 5.85. The van der Waals surface area contributed by atoms with Crippen molar-refractivity contribution in [2.24, 2.45) is 5.41 Å². The van der Waals surface area contributed by atoms with Crippen molar-refractivity contribution in [2.45, 2.75) is 39.3 Å². The van der Waals surface area contributed by atoms with Crippen LogP contribution in [0.4, 0.5) is 11.5 Å². The van der Waals surface area contributed by atoms with Crippen molar-refractivity contribution < 1.29 is 9.53 Å². The minimum atomic E-state index is -0.402. The number of nitrogens with zero attached hydrogens (tertiary/aromatic N) is 2. The monoisotopic (exact) mass is 470 g/mol. The van der Waals surface area contributed by atoms with Gasteiger partial charge in [0.1, 0.15) is 11.9 Å². The smallest absolute Gasteiger partial charge is 0.245 e. The Morgan fingerprint density at radius 1 is 1.00 bits per heavy atom. The highest BCUT2D eigenvalue weighted by atomic mass is 16.5. The Hall–Kier alpha value is -3.38. The van der Waals surface area contributed by atoms with Crippen molar-refractivity contribution in [1.29, 1.82) is 0 Å². The van der Waals surface area contributed by atoms with Crippen LogP contribution in [0.5, 0.6) is 0 Å². The molecule has 6 nitrogen and oxygen atoms in total. The van der Waals surface area contributed by atoms with E-state index in [1.165, 1.54) is 16.7 Å². The Balaban J connectivity index is 1.35. The lowest BCUT2D eigenvalue weighted by Gasteiger charge is -2.55. The van der Waals surface area contributed by atoms with E-state index in [1.54, 1.807) is 6.20 Å². The van der Waals surface area contributed by atoms with Crippen LogP contribution in [0.2, 0.25) is 0 Å². The van der Waals surface area contributed by atoms with Crippen molar-refractivity contribution in [3.8, 4) is 0 Å². The lowest BCUT2D eigenvalue weighted by atomic mass is 9.77. The van der Waals surface area contributed by atoms with Gasteiger partial charge in [-0.05, 0) is 44.0 Å². The molecule has 1 aromatic heterocycles. The van der Waals surface area contributed by atoms with E-state index >= 15 is 0 Å². The number of anilines is 2. The van der Waals surface area contributed by atoms with Gasteiger partial charge in [0.05, 0.1) is 24.3 Å². The predicted octanol–water partition coefficient (Wildman–Crippen LogP) is 4.75. The van der Waals surface area contributed by atoms with Crippen LogP contribution in [0.25, 0.3) is 0 Å². The molecule has 182 valence electrons. The van der Waals surface area contributed by atoms with E-state index in [0.717, 1.165) is 37.6 Å². The Morgan fingerprint density at radius 3 is 2.29 bits per heavy atom. The molecule has 2 aromatic carbocycles. The molecule has 35 heavy (non-hydrogen) atoms. The van der Waals surface area contributed by atoms with E-state index in [2.05, 4.69) is 84.9 Å². The van der Waals surface area contributed by atoms with E-state index in [4.69, 9.17) is 4.74 Å². The normalized spacial score (nSPS) is 17.7. The third-order valence-corrected chi connectivity index (χ3v) is 7.11. The number of aromatic nitrogens is 1. The molecular formula is C29H34N4O2. The fourth-order valence-electron chi connectivity index (χ4n) is 4.85. The Morgan fingerprint density at radius 2 is 1.66 bits per heavy atom. The standard InChI is InChI=1S/C29H34N4O2/c1-20-6-10-23(11-7-20)15-26(28(34)33-16-29(17-33)18-35-19-29)32-27-25(5-4-14-30-27)31-22(3)24-12-8-21(2)9-13-24/h4-14,22,26,31H,15-19H2,1-3H3,(H,30,32). The van der Waals surface area contributed by atoms with Gasteiger partial charge in [-0.3, -0.25) is 4.79 Å². The lowest BCUT2D eigenvalue weighted by molar-refractivity contribution is -0.195. The zero-order chi connectivity index (χ0) is 24.4. The summed E-state index contributed by atoms with van der Waals surface area (Å²) >= 11 is 0. The summed E-state index contributed by atoms with van der Waals surface area (Å²) in [5, 5.41) is 7.08. The molecule has 5 rings (SSSR count). The molecule has 0 bridgehead atoms. The SMILES string of the molecule is Cc1ccc(CC(Nc2ncccc2NC(C)c2ccc(C)cc2)C(=O)N2CC3(COC3)C2)cc1. The molecule has 6 heteroatoms. The van der Waals surface area contributed by atoms with Gasteiger partial charge < -0.3 is 20.3 Å². The second-order valence-electron chi connectivity index (χ2n) is 10.3. The van der Waals surface area contributed by atoms with Crippen LogP contribution in [-0.4, -0.2) is 48.1 Å². The highest BCUT2D eigenvalue weighted by Crippen LogP contribution is 2.38. The molecule has 1 amide bonds. The number of amides is 1.